The van der Waals surface area contributed by atoms with Crippen LogP contribution in [0, 0.1) is 5.41 Å². The molecule has 162 valence electrons. The van der Waals surface area contributed by atoms with Gasteiger partial charge in [0.2, 0.25) is 0 Å². The number of benzene rings is 2. The second kappa shape index (κ2) is 9.07. The molecule has 3 N–H and O–H groups in total. The molecule has 0 radical (unpaired) electrons. The molecule has 0 fully saturated rings. The first kappa shape index (κ1) is 23.1. The summed E-state index contributed by atoms with van der Waals surface area (Å²) in [4.78, 5) is 26.5. The fraction of sp³-hybridized carbons (Fsp3) is 0.391. The normalized spacial score (nSPS) is 13.2. The molecule has 2 aromatic rings. The minimum atomic E-state index is -1.33. The van der Waals surface area contributed by atoms with E-state index in [1.165, 1.54) is 18.1 Å². The Morgan fingerprint density at radius 1 is 1.03 bits per heavy atom. The van der Waals surface area contributed by atoms with Crippen molar-refractivity contribution < 1.29 is 24.2 Å². The highest BCUT2D eigenvalue weighted by atomic mass is 16.6. The number of carbonyl (C=O) groups excluding carboxylic acids is 2. The Hall–Kier alpha value is -3.22. The molecule has 0 bridgehead atoms. The lowest BCUT2D eigenvalue weighted by atomic mass is 9.96. The highest BCUT2D eigenvalue weighted by Crippen LogP contribution is 2.31. The van der Waals surface area contributed by atoms with Gasteiger partial charge in [-0.25, -0.2) is 4.79 Å². The predicted octanol–water partition coefficient (Wildman–Crippen LogP) is 3.83. The van der Waals surface area contributed by atoms with Crippen LogP contribution in [-0.4, -0.2) is 34.8 Å². The van der Waals surface area contributed by atoms with Crippen LogP contribution in [0.4, 0.5) is 4.79 Å². The molecule has 30 heavy (non-hydrogen) atoms. The number of rotatable bonds is 7. The van der Waals surface area contributed by atoms with Crippen molar-refractivity contribution in [3.63, 3.8) is 0 Å². The molecule has 0 aliphatic heterocycles. The number of aromatic hydroxyl groups is 1. The third kappa shape index (κ3) is 5.65. The first-order chi connectivity index (χ1) is 14.0. The molecule has 7 heteroatoms. The van der Waals surface area contributed by atoms with Gasteiger partial charge in [0.15, 0.2) is 17.2 Å². The summed E-state index contributed by atoms with van der Waals surface area (Å²) in [5.41, 5.74) is 5.18. The SMILES string of the molecule is COc1cc(CN(C(N)=O)[C@@](C)(Cc2ccccc2)OC(=O)C(C)(C)C)ccc1O. The van der Waals surface area contributed by atoms with E-state index >= 15 is 0 Å². The van der Waals surface area contributed by atoms with Gasteiger partial charge in [-0.15, -0.1) is 0 Å². The highest BCUT2D eigenvalue weighted by molar-refractivity contribution is 5.77. The monoisotopic (exact) mass is 414 g/mol. The number of phenols is 1. The van der Waals surface area contributed by atoms with Crippen LogP contribution in [-0.2, 0) is 22.5 Å². The quantitative estimate of drug-likeness (QED) is 0.530. The predicted molar refractivity (Wildman–Crippen MR) is 114 cm³/mol. The van der Waals surface area contributed by atoms with Crippen molar-refractivity contribution in [2.24, 2.45) is 11.1 Å². The van der Waals surface area contributed by atoms with Crippen molar-refractivity contribution >= 4 is 12.0 Å². The van der Waals surface area contributed by atoms with Gasteiger partial charge in [-0.3, -0.25) is 9.69 Å². The van der Waals surface area contributed by atoms with Gasteiger partial charge in [0.05, 0.1) is 19.1 Å². The van der Waals surface area contributed by atoms with Gasteiger partial charge in [0, 0.05) is 6.42 Å². The number of primary amides is 1. The van der Waals surface area contributed by atoms with E-state index in [0.717, 1.165) is 5.56 Å². The molecule has 2 aromatic carbocycles. The maximum absolute atomic E-state index is 12.7. The molecule has 0 aliphatic carbocycles. The molecule has 2 rings (SSSR count). The Morgan fingerprint density at radius 3 is 2.20 bits per heavy atom. The minimum Gasteiger partial charge on any atom is -0.504 e. The number of hydrogen-bond donors (Lipinski definition) is 2. The highest BCUT2D eigenvalue weighted by Gasteiger charge is 2.41. The van der Waals surface area contributed by atoms with Gasteiger partial charge < -0.3 is 20.3 Å². The number of nitrogens with two attached hydrogens (primary N) is 1. The van der Waals surface area contributed by atoms with Crippen molar-refractivity contribution in [3.8, 4) is 11.5 Å². The number of phenolic OH excluding ortho intramolecular Hbond substituents is 1. The molecule has 0 unspecified atom stereocenters. The average molecular weight is 415 g/mol. The third-order valence-electron chi connectivity index (χ3n) is 4.72. The van der Waals surface area contributed by atoms with Crippen LogP contribution >= 0.6 is 0 Å². The zero-order valence-electron chi connectivity index (χ0n) is 18.1. The van der Waals surface area contributed by atoms with Crippen LogP contribution < -0.4 is 10.5 Å². The molecule has 0 aliphatic rings. The lowest BCUT2D eigenvalue weighted by molar-refractivity contribution is -0.184. The largest absolute Gasteiger partial charge is 0.504 e. The number of esters is 1. The van der Waals surface area contributed by atoms with Crippen LogP contribution in [0.1, 0.15) is 38.8 Å². The third-order valence-corrected chi connectivity index (χ3v) is 4.72. The van der Waals surface area contributed by atoms with Crippen LogP contribution in [0.25, 0.3) is 0 Å². The van der Waals surface area contributed by atoms with Gasteiger partial charge in [-0.2, -0.15) is 0 Å². The molecular formula is C23H30N2O5. The topological polar surface area (TPSA) is 102 Å². The Balaban J connectivity index is 2.45. The molecule has 0 saturated heterocycles. The van der Waals surface area contributed by atoms with Crippen molar-refractivity contribution in [3.05, 3.63) is 59.7 Å². The lowest BCUT2D eigenvalue weighted by Crippen LogP contribution is -2.56. The van der Waals surface area contributed by atoms with Crippen molar-refractivity contribution in [1.82, 2.24) is 4.90 Å². The van der Waals surface area contributed by atoms with E-state index in [1.807, 2.05) is 30.3 Å². The fourth-order valence-electron chi connectivity index (χ4n) is 3.00. The van der Waals surface area contributed by atoms with E-state index in [2.05, 4.69) is 0 Å². The zero-order valence-corrected chi connectivity index (χ0v) is 18.1. The van der Waals surface area contributed by atoms with E-state index in [4.69, 9.17) is 15.2 Å². The summed E-state index contributed by atoms with van der Waals surface area (Å²) in [6, 6.07) is 13.4. The van der Waals surface area contributed by atoms with Gasteiger partial charge >= 0.3 is 12.0 Å². The minimum absolute atomic E-state index is 0.0157. The summed E-state index contributed by atoms with van der Waals surface area (Å²) in [5.74, 6) is -0.193. The maximum Gasteiger partial charge on any atom is 0.318 e. The molecule has 7 nitrogen and oxygen atoms in total. The van der Waals surface area contributed by atoms with Crippen molar-refractivity contribution in [2.45, 2.75) is 46.4 Å². The van der Waals surface area contributed by atoms with Crippen molar-refractivity contribution in [1.29, 1.82) is 0 Å². The Kier molecular flexibility index (Phi) is 6.97. The average Bonchev–Trinajstić information content (AvgIpc) is 2.66. The van der Waals surface area contributed by atoms with Gasteiger partial charge in [-0.05, 0) is 51.0 Å². The molecule has 0 saturated carbocycles. The maximum atomic E-state index is 12.7. The molecule has 0 aromatic heterocycles. The number of hydrogen-bond acceptors (Lipinski definition) is 5. The number of ether oxygens (including phenoxy) is 2. The zero-order chi connectivity index (χ0) is 22.5. The number of urea groups is 1. The number of methoxy groups -OCH3 is 1. The summed E-state index contributed by atoms with van der Waals surface area (Å²) in [7, 11) is 1.44. The fourth-order valence-corrected chi connectivity index (χ4v) is 3.00. The van der Waals surface area contributed by atoms with Crippen LogP contribution in [0.15, 0.2) is 48.5 Å². The Labute approximate surface area is 177 Å². The van der Waals surface area contributed by atoms with E-state index in [0.29, 0.717) is 5.56 Å². The number of nitrogens with zero attached hydrogens (tertiary/aromatic N) is 1. The molecule has 2 amide bonds. The second-order valence-electron chi connectivity index (χ2n) is 8.41. The first-order valence-corrected chi connectivity index (χ1v) is 9.66. The first-order valence-electron chi connectivity index (χ1n) is 9.66. The molecular weight excluding hydrogens is 384 g/mol. The van der Waals surface area contributed by atoms with E-state index in [-0.39, 0.29) is 24.5 Å². The van der Waals surface area contributed by atoms with Crippen LogP contribution in [0.5, 0.6) is 11.5 Å². The molecule has 0 heterocycles. The smallest absolute Gasteiger partial charge is 0.318 e. The second-order valence-corrected chi connectivity index (χ2v) is 8.41. The van der Waals surface area contributed by atoms with Crippen LogP contribution in [0.2, 0.25) is 0 Å². The molecule has 1 atom stereocenters. The summed E-state index contributed by atoms with van der Waals surface area (Å²) in [6.07, 6.45) is 0.258. The standard InChI is InChI=1S/C23H30N2O5/c1-22(2,3)20(27)30-23(4,14-16-9-7-6-8-10-16)25(21(24)28)15-17-11-12-18(26)19(13-17)29-5/h6-13,26H,14-15H2,1-5H3,(H2,24,28)/t23-/m1/s1. The van der Waals surface area contributed by atoms with Crippen molar-refractivity contribution in [2.75, 3.05) is 7.11 Å². The number of carbonyl (C=O) groups is 2. The number of amides is 2. The Bertz CT molecular complexity index is 892. The van der Waals surface area contributed by atoms with Crippen LogP contribution in [0.3, 0.4) is 0 Å². The summed E-state index contributed by atoms with van der Waals surface area (Å²) in [6.45, 7) is 6.98. The summed E-state index contributed by atoms with van der Waals surface area (Å²) >= 11 is 0. The van der Waals surface area contributed by atoms with Gasteiger partial charge in [-0.1, -0.05) is 36.4 Å². The lowest BCUT2D eigenvalue weighted by Gasteiger charge is -2.41. The summed E-state index contributed by atoms with van der Waals surface area (Å²) in [5, 5.41) is 9.84. The summed E-state index contributed by atoms with van der Waals surface area (Å²) < 4.78 is 11.0. The van der Waals surface area contributed by atoms with Gasteiger partial charge in [0.25, 0.3) is 0 Å². The Morgan fingerprint density at radius 2 is 1.67 bits per heavy atom. The molecule has 0 spiro atoms. The van der Waals surface area contributed by atoms with E-state index in [1.54, 1.807) is 39.8 Å². The van der Waals surface area contributed by atoms with E-state index in [9.17, 15) is 14.7 Å². The van der Waals surface area contributed by atoms with E-state index < -0.39 is 23.1 Å². The van der Waals surface area contributed by atoms with Gasteiger partial charge in [0.1, 0.15) is 0 Å².